The maximum atomic E-state index is 12.5. The van der Waals surface area contributed by atoms with Crippen LogP contribution in [0.2, 0.25) is 0 Å². The van der Waals surface area contributed by atoms with Crippen molar-refractivity contribution in [1.82, 2.24) is 9.62 Å². The van der Waals surface area contributed by atoms with Gasteiger partial charge in [0, 0.05) is 26.2 Å². The number of hydrogen-bond donors (Lipinski definition) is 2. The number of amides is 1. The molecule has 0 aliphatic heterocycles. The van der Waals surface area contributed by atoms with E-state index in [-0.39, 0.29) is 28.8 Å². The molecule has 1 aromatic rings. The molecule has 134 valence electrons. The van der Waals surface area contributed by atoms with E-state index in [0.717, 1.165) is 30.0 Å². The highest BCUT2D eigenvalue weighted by atomic mass is 32.2. The Labute approximate surface area is 142 Å². The zero-order valence-electron chi connectivity index (χ0n) is 14.1. The van der Waals surface area contributed by atoms with Crippen molar-refractivity contribution in [2.24, 2.45) is 17.6 Å². The van der Waals surface area contributed by atoms with E-state index >= 15 is 0 Å². The zero-order chi connectivity index (χ0) is 17.5. The van der Waals surface area contributed by atoms with Crippen LogP contribution < -0.4 is 11.1 Å². The summed E-state index contributed by atoms with van der Waals surface area (Å²) in [6.07, 6.45) is 5.20. The molecule has 1 aromatic heterocycles. The smallest absolute Gasteiger partial charge is 0.287 e. The van der Waals surface area contributed by atoms with Crippen LogP contribution in [0.5, 0.6) is 0 Å². The quantitative estimate of drug-likeness (QED) is 0.843. The predicted molar refractivity (Wildman–Crippen MR) is 88.9 cm³/mol. The normalized spacial score (nSPS) is 30.3. The third-order valence-electron chi connectivity index (χ3n) is 5.21. The number of carbonyl (C=O) groups is 1. The highest BCUT2D eigenvalue weighted by Gasteiger charge is 2.40. The average molecular weight is 355 g/mol. The topological polar surface area (TPSA) is 106 Å². The van der Waals surface area contributed by atoms with Crippen molar-refractivity contribution in [1.29, 1.82) is 0 Å². The first-order valence-corrected chi connectivity index (χ1v) is 9.82. The minimum atomic E-state index is -3.67. The Bertz CT molecular complexity index is 699. The van der Waals surface area contributed by atoms with E-state index in [2.05, 4.69) is 5.32 Å². The second-order valence-electron chi connectivity index (χ2n) is 7.09. The summed E-state index contributed by atoms with van der Waals surface area (Å²) in [5.74, 6) is 0.476. The van der Waals surface area contributed by atoms with Crippen molar-refractivity contribution in [3.05, 3.63) is 17.9 Å². The Morgan fingerprint density at radius 1 is 1.25 bits per heavy atom. The monoisotopic (exact) mass is 355 g/mol. The maximum Gasteiger partial charge on any atom is 0.287 e. The van der Waals surface area contributed by atoms with Crippen molar-refractivity contribution in [2.75, 3.05) is 14.1 Å². The Morgan fingerprint density at radius 2 is 1.88 bits per heavy atom. The van der Waals surface area contributed by atoms with E-state index in [9.17, 15) is 13.2 Å². The van der Waals surface area contributed by atoms with Gasteiger partial charge in [0.25, 0.3) is 15.9 Å². The van der Waals surface area contributed by atoms with Crippen molar-refractivity contribution >= 4 is 15.9 Å². The van der Waals surface area contributed by atoms with Crippen LogP contribution in [0.15, 0.2) is 21.6 Å². The second-order valence-corrected chi connectivity index (χ2v) is 9.17. The molecule has 1 heterocycles. The number of sulfonamides is 1. The van der Waals surface area contributed by atoms with Gasteiger partial charge in [0.15, 0.2) is 5.76 Å². The third-order valence-corrected chi connectivity index (χ3v) is 6.90. The average Bonchev–Trinajstić information content (AvgIpc) is 2.98. The van der Waals surface area contributed by atoms with Crippen LogP contribution in [0.1, 0.15) is 42.7 Å². The van der Waals surface area contributed by atoms with Crippen LogP contribution in [0.25, 0.3) is 0 Å². The number of nitrogens with one attached hydrogen (secondary N) is 1. The molecule has 3 N–H and O–H groups in total. The first-order valence-electron chi connectivity index (χ1n) is 8.38. The molecule has 2 fully saturated rings. The highest BCUT2D eigenvalue weighted by Crippen LogP contribution is 2.39. The van der Waals surface area contributed by atoms with Crippen molar-refractivity contribution < 1.29 is 17.6 Å². The van der Waals surface area contributed by atoms with E-state index in [0.29, 0.717) is 11.8 Å². The van der Waals surface area contributed by atoms with Crippen LogP contribution in [0.3, 0.4) is 0 Å². The summed E-state index contributed by atoms with van der Waals surface area (Å²) in [4.78, 5) is 12.5. The summed E-state index contributed by atoms with van der Waals surface area (Å²) in [6, 6.07) is 3.05. The SMILES string of the molecule is CN(C)S(=O)(=O)c1ccc(C(=O)NC2C3CCCC2CC(N)C3)o1. The number of furan rings is 1. The van der Waals surface area contributed by atoms with Gasteiger partial charge in [-0.2, -0.15) is 0 Å². The minimum absolute atomic E-state index is 0.0309. The van der Waals surface area contributed by atoms with Gasteiger partial charge >= 0.3 is 0 Å². The molecule has 2 atom stereocenters. The largest absolute Gasteiger partial charge is 0.438 e. The lowest BCUT2D eigenvalue weighted by atomic mass is 9.67. The van der Waals surface area contributed by atoms with Crippen molar-refractivity contribution in [2.45, 2.75) is 49.3 Å². The molecule has 0 radical (unpaired) electrons. The molecule has 7 nitrogen and oxygen atoms in total. The van der Waals surface area contributed by atoms with E-state index in [4.69, 9.17) is 10.2 Å². The highest BCUT2D eigenvalue weighted by molar-refractivity contribution is 7.88. The zero-order valence-corrected chi connectivity index (χ0v) is 14.9. The number of carbonyl (C=O) groups excluding carboxylic acids is 1. The van der Waals surface area contributed by atoms with Crippen molar-refractivity contribution in [3.63, 3.8) is 0 Å². The molecule has 2 aliphatic carbocycles. The van der Waals surface area contributed by atoms with Crippen molar-refractivity contribution in [3.8, 4) is 0 Å². The fraction of sp³-hybridized carbons (Fsp3) is 0.688. The summed E-state index contributed by atoms with van der Waals surface area (Å²) in [5.41, 5.74) is 6.11. The van der Waals surface area contributed by atoms with Gasteiger partial charge in [-0.05, 0) is 49.7 Å². The van der Waals surface area contributed by atoms with E-state index in [1.54, 1.807) is 0 Å². The van der Waals surface area contributed by atoms with Gasteiger partial charge in [0.05, 0.1) is 0 Å². The van der Waals surface area contributed by atoms with Gasteiger partial charge < -0.3 is 15.5 Å². The van der Waals surface area contributed by atoms with Gasteiger partial charge in [0.1, 0.15) is 0 Å². The number of fused-ring (bicyclic) bond motifs is 2. The third kappa shape index (κ3) is 3.22. The fourth-order valence-corrected chi connectivity index (χ4v) is 4.80. The molecular formula is C16H25N3O4S. The lowest BCUT2D eigenvalue weighted by molar-refractivity contribution is 0.0728. The molecule has 2 aliphatic rings. The molecule has 24 heavy (non-hydrogen) atoms. The summed E-state index contributed by atoms with van der Waals surface area (Å²) in [6.45, 7) is 0. The number of nitrogens with zero attached hydrogens (tertiary/aromatic N) is 1. The van der Waals surface area contributed by atoms with E-state index in [1.165, 1.54) is 32.6 Å². The number of hydrogen-bond acceptors (Lipinski definition) is 5. The molecule has 2 bridgehead atoms. The summed E-state index contributed by atoms with van der Waals surface area (Å²) < 4.78 is 30.4. The van der Waals surface area contributed by atoms with Crippen LogP contribution >= 0.6 is 0 Å². The minimum Gasteiger partial charge on any atom is -0.438 e. The van der Waals surface area contributed by atoms with Gasteiger partial charge in [-0.1, -0.05) is 6.42 Å². The molecule has 0 aromatic carbocycles. The Kier molecular flexibility index (Phi) is 4.72. The summed E-state index contributed by atoms with van der Waals surface area (Å²) in [5, 5.41) is 2.84. The lowest BCUT2D eigenvalue weighted by Gasteiger charge is -2.45. The molecular weight excluding hydrogens is 330 g/mol. The summed E-state index contributed by atoms with van der Waals surface area (Å²) in [7, 11) is -0.833. The second kappa shape index (κ2) is 6.50. The van der Waals surface area contributed by atoms with Gasteiger partial charge in [0.2, 0.25) is 5.09 Å². The molecule has 1 amide bonds. The molecule has 2 saturated carbocycles. The standard InChI is InChI=1S/C16H25N3O4S/c1-19(2)24(21,22)14-7-6-13(23-14)16(20)18-15-10-4-3-5-11(15)9-12(17)8-10/h6-7,10-12,15H,3-5,8-9,17H2,1-2H3,(H,18,20). The fourth-order valence-electron chi connectivity index (χ4n) is 4.01. The molecule has 8 heteroatoms. The van der Waals surface area contributed by atoms with E-state index < -0.39 is 10.0 Å². The molecule has 3 rings (SSSR count). The predicted octanol–water partition coefficient (Wildman–Crippen LogP) is 1.17. The maximum absolute atomic E-state index is 12.5. The Morgan fingerprint density at radius 3 is 2.46 bits per heavy atom. The van der Waals surface area contributed by atoms with E-state index in [1.807, 2.05) is 0 Å². The van der Waals surface area contributed by atoms with Gasteiger partial charge in [-0.15, -0.1) is 0 Å². The lowest BCUT2D eigenvalue weighted by Crippen LogP contribution is -2.53. The number of rotatable bonds is 4. The van der Waals surface area contributed by atoms with Gasteiger partial charge in [-0.3, -0.25) is 4.79 Å². The molecule has 0 spiro atoms. The molecule has 0 saturated heterocycles. The Hall–Kier alpha value is -1.38. The van der Waals surface area contributed by atoms with Gasteiger partial charge in [-0.25, -0.2) is 12.7 Å². The summed E-state index contributed by atoms with van der Waals surface area (Å²) >= 11 is 0. The number of nitrogens with two attached hydrogens (primary N) is 1. The van der Waals surface area contributed by atoms with Crippen LogP contribution in [0, 0.1) is 11.8 Å². The Balaban J connectivity index is 1.73. The molecule has 2 unspecified atom stereocenters. The van der Waals surface area contributed by atoms with Crippen LogP contribution in [-0.4, -0.2) is 44.8 Å². The first-order chi connectivity index (χ1) is 11.3. The van der Waals surface area contributed by atoms with Crippen LogP contribution in [-0.2, 0) is 10.0 Å². The van der Waals surface area contributed by atoms with Crippen LogP contribution in [0.4, 0.5) is 0 Å². The first kappa shape index (κ1) is 17.4.